The predicted octanol–water partition coefficient (Wildman–Crippen LogP) is 15.1. The molecule has 1 aromatic heterocycles. The van der Waals surface area contributed by atoms with Gasteiger partial charge in [0.1, 0.15) is 0 Å². The Labute approximate surface area is 345 Å². The van der Waals surface area contributed by atoms with Crippen molar-refractivity contribution in [2.75, 3.05) is 0 Å². The molecule has 278 valence electrons. The van der Waals surface area contributed by atoms with Gasteiger partial charge in [0.15, 0.2) is 5.82 Å². The first-order valence-electron chi connectivity index (χ1n) is 20.4. The van der Waals surface area contributed by atoms with E-state index in [0.717, 1.165) is 39.0 Å². The van der Waals surface area contributed by atoms with Crippen LogP contribution >= 0.6 is 0 Å². The minimum atomic E-state index is -0.0808. The average Bonchev–Trinajstić information content (AvgIpc) is 3.52. The molecule has 11 rings (SSSR count). The minimum Gasteiger partial charge on any atom is -0.228 e. The van der Waals surface area contributed by atoms with Crippen LogP contribution in [0.3, 0.4) is 0 Å². The molecule has 0 unspecified atom stereocenters. The summed E-state index contributed by atoms with van der Waals surface area (Å²) in [5.74, 6) is 0.708. The van der Waals surface area contributed by atoms with Crippen molar-refractivity contribution < 1.29 is 0 Å². The van der Waals surface area contributed by atoms with Crippen molar-refractivity contribution in [2.24, 2.45) is 0 Å². The van der Waals surface area contributed by atoms with Gasteiger partial charge in [0.25, 0.3) is 0 Å². The van der Waals surface area contributed by atoms with Gasteiger partial charge in [0.2, 0.25) is 0 Å². The van der Waals surface area contributed by atoms with Crippen LogP contribution in [0, 0.1) is 0 Å². The van der Waals surface area contributed by atoms with Crippen molar-refractivity contribution in [3.63, 3.8) is 0 Å². The number of aromatic nitrogens is 2. The van der Waals surface area contributed by atoms with Gasteiger partial charge in [0.05, 0.1) is 11.4 Å². The van der Waals surface area contributed by atoms with Gasteiger partial charge in [-0.3, -0.25) is 0 Å². The Hall–Kier alpha value is -7.42. The van der Waals surface area contributed by atoms with Crippen LogP contribution in [-0.4, -0.2) is 9.97 Å². The predicted molar refractivity (Wildman–Crippen MR) is 247 cm³/mol. The second-order valence-electron chi connectivity index (χ2n) is 16.2. The smallest absolute Gasteiger partial charge is 0.161 e. The topological polar surface area (TPSA) is 25.8 Å². The van der Waals surface area contributed by atoms with E-state index in [1.54, 1.807) is 0 Å². The van der Waals surface area contributed by atoms with Crippen LogP contribution in [0.15, 0.2) is 206 Å². The third-order valence-corrected chi connectivity index (χ3v) is 12.3. The minimum absolute atomic E-state index is 0.0808. The second kappa shape index (κ2) is 13.9. The van der Waals surface area contributed by atoms with Crippen molar-refractivity contribution in [1.29, 1.82) is 0 Å². The van der Waals surface area contributed by atoms with Gasteiger partial charge in [0, 0.05) is 22.1 Å². The summed E-state index contributed by atoms with van der Waals surface area (Å²) in [6.45, 7) is 4.72. The van der Waals surface area contributed by atoms with Gasteiger partial charge in [-0.2, -0.15) is 0 Å². The number of hydrogen-bond donors (Lipinski definition) is 0. The first-order chi connectivity index (χ1) is 29.0. The first-order valence-corrected chi connectivity index (χ1v) is 20.4. The summed E-state index contributed by atoms with van der Waals surface area (Å²) in [6.07, 6.45) is 0. The van der Waals surface area contributed by atoms with Crippen LogP contribution < -0.4 is 0 Å². The van der Waals surface area contributed by atoms with Gasteiger partial charge < -0.3 is 0 Å². The Morgan fingerprint density at radius 2 is 0.797 bits per heavy atom. The molecule has 1 heterocycles. The normalized spacial score (nSPS) is 12.7. The zero-order valence-corrected chi connectivity index (χ0v) is 33.0. The molecule has 0 fully saturated rings. The van der Waals surface area contributed by atoms with Crippen molar-refractivity contribution >= 4 is 21.5 Å². The molecule has 0 saturated carbocycles. The lowest BCUT2D eigenvalue weighted by atomic mass is 9.81. The van der Waals surface area contributed by atoms with Crippen LogP contribution in [0.5, 0.6) is 0 Å². The fourth-order valence-electron chi connectivity index (χ4n) is 9.15. The monoisotopic (exact) mass is 752 g/mol. The highest BCUT2D eigenvalue weighted by Gasteiger charge is 2.36. The maximum atomic E-state index is 5.28. The van der Waals surface area contributed by atoms with E-state index < -0.39 is 0 Å². The van der Waals surface area contributed by atoms with Crippen LogP contribution in [0.4, 0.5) is 0 Å². The fourth-order valence-corrected chi connectivity index (χ4v) is 9.15. The van der Waals surface area contributed by atoms with Gasteiger partial charge in [-0.05, 0) is 114 Å². The summed E-state index contributed by atoms with van der Waals surface area (Å²) in [5, 5.41) is 4.88. The molecule has 9 aromatic carbocycles. The summed E-state index contributed by atoms with van der Waals surface area (Å²) >= 11 is 0. The van der Waals surface area contributed by atoms with Crippen LogP contribution in [0.2, 0.25) is 0 Å². The van der Waals surface area contributed by atoms with E-state index in [0.29, 0.717) is 5.82 Å². The number of nitrogens with zero attached hydrogens (tertiary/aromatic N) is 2. The molecule has 0 saturated heterocycles. The molecule has 0 radical (unpaired) electrons. The van der Waals surface area contributed by atoms with E-state index in [1.165, 1.54) is 66.2 Å². The van der Waals surface area contributed by atoms with Crippen LogP contribution in [-0.2, 0) is 5.41 Å². The number of rotatable bonds is 6. The van der Waals surface area contributed by atoms with Crippen LogP contribution in [0.25, 0.3) is 100.0 Å². The number of fused-ring (bicyclic) bond motifs is 5. The highest BCUT2D eigenvalue weighted by molar-refractivity contribution is 6.04. The molecule has 0 N–H and O–H groups in total. The van der Waals surface area contributed by atoms with Crippen molar-refractivity contribution in [3.8, 4) is 78.4 Å². The Kier molecular flexibility index (Phi) is 8.20. The van der Waals surface area contributed by atoms with Crippen molar-refractivity contribution in [2.45, 2.75) is 19.3 Å². The maximum absolute atomic E-state index is 5.28. The molecule has 2 heteroatoms. The second-order valence-corrected chi connectivity index (χ2v) is 16.2. The van der Waals surface area contributed by atoms with Gasteiger partial charge in [-0.15, -0.1) is 0 Å². The lowest BCUT2D eigenvalue weighted by molar-refractivity contribution is 0.661. The first kappa shape index (κ1) is 34.8. The molecule has 0 spiro atoms. The SMILES string of the molecule is CC1(C)c2cc(-c3ccc(-c4ccc(-c5nc(-c6ccccc6)cc(-c6cccc(-c7ccccc7)c6)n5)c5ccccc45)cc3)ccc2-c2cc3ccccc3cc21. The van der Waals surface area contributed by atoms with E-state index in [1.807, 2.05) is 6.07 Å². The zero-order chi connectivity index (χ0) is 39.5. The molecule has 0 atom stereocenters. The number of benzene rings is 9. The molecule has 0 amide bonds. The molecule has 1 aliphatic carbocycles. The van der Waals surface area contributed by atoms with Gasteiger partial charge >= 0.3 is 0 Å². The Bertz CT molecular complexity index is 3220. The Morgan fingerprint density at radius 3 is 1.54 bits per heavy atom. The molecule has 0 bridgehead atoms. The Balaban J connectivity index is 0.967. The molecule has 2 nitrogen and oxygen atoms in total. The molecule has 10 aromatic rings. The van der Waals surface area contributed by atoms with Gasteiger partial charge in [-0.25, -0.2) is 9.97 Å². The van der Waals surface area contributed by atoms with Crippen molar-refractivity contribution in [3.05, 3.63) is 217 Å². The Morgan fingerprint density at radius 1 is 0.305 bits per heavy atom. The third kappa shape index (κ3) is 6.04. The lowest BCUT2D eigenvalue weighted by Crippen LogP contribution is -2.15. The van der Waals surface area contributed by atoms with E-state index in [4.69, 9.17) is 9.97 Å². The number of hydrogen-bond acceptors (Lipinski definition) is 2. The molecule has 0 aliphatic heterocycles. The van der Waals surface area contributed by atoms with E-state index in [2.05, 4.69) is 214 Å². The summed E-state index contributed by atoms with van der Waals surface area (Å²) in [5.41, 5.74) is 17.5. The summed E-state index contributed by atoms with van der Waals surface area (Å²) < 4.78 is 0. The van der Waals surface area contributed by atoms with Crippen molar-refractivity contribution in [1.82, 2.24) is 9.97 Å². The van der Waals surface area contributed by atoms with Crippen LogP contribution in [0.1, 0.15) is 25.0 Å². The van der Waals surface area contributed by atoms with Gasteiger partial charge in [-0.1, -0.05) is 184 Å². The summed E-state index contributed by atoms with van der Waals surface area (Å²) in [7, 11) is 0. The molecular weight excluding hydrogens is 713 g/mol. The molecular formula is C57H40N2. The highest BCUT2D eigenvalue weighted by Crippen LogP contribution is 2.51. The molecule has 59 heavy (non-hydrogen) atoms. The maximum Gasteiger partial charge on any atom is 0.161 e. The highest BCUT2D eigenvalue weighted by atomic mass is 14.9. The van der Waals surface area contributed by atoms with E-state index in [9.17, 15) is 0 Å². The third-order valence-electron chi connectivity index (χ3n) is 12.3. The average molecular weight is 753 g/mol. The zero-order valence-electron chi connectivity index (χ0n) is 33.0. The molecule has 1 aliphatic rings. The quantitative estimate of drug-likeness (QED) is 0.169. The largest absolute Gasteiger partial charge is 0.228 e. The van der Waals surface area contributed by atoms with E-state index >= 15 is 0 Å². The fraction of sp³-hybridized carbons (Fsp3) is 0.0526. The van der Waals surface area contributed by atoms with E-state index in [-0.39, 0.29) is 5.41 Å². The lowest BCUT2D eigenvalue weighted by Gasteiger charge is -2.22. The standard InChI is InChI=1S/C57H40N2/c1-57(2)52-35-44(28-29-49(52)51-33-42-18-9-10-19-43(42)34-53(51)57)38-24-26-39(27-25-38)46-30-31-50(48-23-12-11-22-47(46)48)56-58-54(40-16-7-4-8-17-40)36-55(59-56)45-21-13-20-41(32-45)37-14-5-3-6-15-37/h3-36H,1-2H3. The summed E-state index contributed by atoms with van der Waals surface area (Å²) in [4.78, 5) is 10.5. The summed E-state index contributed by atoms with van der Waals surface area (Å²) in [6, 6.07) is 74.3.